The normalized spacial score (nSPS) is 17.3. The van der Waals surface area contributed by atoms with E-state index in [-0.39, 0.29) is 0 Å². The summed E-state index contributed by atoms with van der Waals surface area (Å²) in [6.45, 7) is 4.21. The van der Waals surface area contributed by atoms with Crippen molar-refractivity contribution in [3.8, 4) is 0 Å². The molecule has 0 aromatic rings. The van der Waals surface area contributed by atoms with Gasteiger partial charge in [-0.05, 0) is 12.3 Å². The molecule has 0 amide bonds. The van der Waals surface area contributed by atoms with Crippen molar-refractivity contribution in [2.45, 2.75) is 38.5 Å². The van der Waals surface area contributed by atoms with E-state index in [1.807, 2.05) is 0 Å². The highest BCUT2D eigenvalue weighted by atomic mass is 32.1. The predicted octanol–water partition coefficient (Wildman–Crippen LogP) is 2.06. The van der Waals surface area contributed by atoms with E-state index in [1.54, 1.807) is 0 Å². The van der Waals surface area contributed by atoms with Crippen LogP contribution in [0.15, 0.2) is 0 Å². The molecule has 1 nitrogen and oxygen atoms in total. The Hall–Kier alpha value is 0.310. The number of hydrogen-bond donors (Lipinski definition) is 2. The molecule has 0 aromatic heterocycles. The van der Waals surface area contributed by atoms with Gasteiger partial charge in [0.2, 0.25) is 0 Å². The van der Waals surface area contributed by atoms with Gasteiger partial charge in [-0.2, -0.15) is 0 Å². The molecule has 0 aliphatic rings. The second-order valence-corrected chi connectivity index (χ2v) is 2.90. The Morgan fingerprint density at radius 1 is 1.44 bits per heavy atom. The molecule has 9 heavy (non-hydrogen) atoms. The van der Waals surface area contributed by atoms with Gasteiger partial charge in [-0.25, -0.2) is 0 Å². The molecule has 0 fully saturated rings. The Balaban J connectivity index is 3.41. The lowest BCUT2D eigenvalue weighted by atomic mass is 10.0. The SMILES string of the molecule is CCCC(CC)C(O)S. The standard InChI is InChI=1S/C7H16OS/c1-3-5-6(4-2)7(8)9/h6-9H,3-5H2,1-2H3. The fourth-order valence-electron chi connectivity index (χ4n) is 0.935. The summed E-state index contributed by atoms with van der Waals surface area (Å²) in [7, 11) is 0. The number of rotatable bonds is 4. The lowest BCUT2D eigenvalue weighted by molar-refractivity contribution is 0.182. The zero-order valence-corrected chi connectivity index (χ0v) is 7.06. The summed E-state index contributed by atoms with van der Waals surface area (Å²) < 4.78 is 0. The fourth-order valence-corrected chi connectivity index (χ4v) is 1.29. The lowest BCUT2D eigenvalue weighted by Gasteiger charge is -2.15. The van der Waals surface area contributed by atoms with Gasteiger partial charge in [-0.15, -0.1) is 12.6 Å². The number of aliphatic hydroxyl groups excluding tert-OH is 1. The van der Waals surface area contributed by atoms with Crippen LogP contribution in [-0.4, -0.2) is 10.5 Å². The molecule has 0 aromatic carbocycles. The van der Waals surface area contributed by atoms with Crippen LogP contribution in [0.5, 0.6) is 0 Å². The molecule has 0 saturated heterocycles. The van der Waals surface area contributed by atoms with Crippen LogP contribution in [0, 0.1) is 5.92 Å². The van der Waals surface area contributed by atoms with Crippen molar-refractivity contribution in [1.29, 1.82) is 0 Å². The first kappa shape index (κ1) is 9.31. The smallest absolute Gasteiger partial charge is 0.0992 e. The van der Waals surface area contributed by atoms with Crippen molar-refractivity contribution in [2.75, 3.05) is 0 Å². The molecule has 1 N–H and O–H groups in total. The molecule has 0 heterocycles. The molecule has 0 saturated carbocycles. The highest BCUT2D eigenvalue weighted by molar-refractivity contribution is 7.80. The van der Waals surface area contributed by atoms with Gasteiger partial charge < -0.3 is 5.11 Å². The third-order valence-corrected chi connectivity index (χ3v) is 2.03. The third-order valence-electron chi connectivity index (χ3n) is 1.61. The van der Waals surface area contributed by atoms with Crippen molar-refractivity contribution in [2.24, 2.45) is 5.92 Å². The van der Waals surface area contributed by atoms with Gasteiger partial charge in [0.05, 0.1) is 5.44 Å². The minimum atomic E-state index is -0.421. The molecule has 0 radical (unpaired) electrons. The monoisotopic (exact) mass is 148 g/mol. The Bertz CT molecular complexity index is 63.9. The highest BCUT2D eigenvalue weighted by Crippen LogP contribution is 2.17. The summed E-state index contributed by atoms with van der Waals surface area (Å²) in [5, 5.41) is 9.01. The first-order valence-corrected chi connectivity index (χ1v) is 4.10. The van der Waals surface area contributed by atoms with E-state index in [9.17, 15) is 0 Å². The summed E-state index contributed by atoms with van der Waals surface area (Å²) in [4.78, 5) is 0. The van der Waals surface area contributed by atoms with Crippen LogP contribution >= 0.6 is 12.6 Å². The second-order valence-electron chi connectivity index (χ2n) is 2.37. The van der Waals surface area contributed by atoms with Crippen LogP contribution in [0.25, 0.3) is 0 Å². The summed E-state index contributed by atoms with van der Waals surface area (Å²) in [6.07, 6.45) is 3.25. The Morgan fingerprint density at radius 3 is 2.11 bits per heavy atom. The van der Waals surface area contributed by atoms with E-state index in [0.29, 0.717) is 5.92 Å². The molecule has 0 rings (SSSR count). The maximum Gasteiger partial charge on any atom is 0.0992 e. The van der Waals surface area contributed by atoms with Crippen LogP contribution in [-0.2, 0) is 0 Å². The summed E-state index contributed by atoms with van der Waals surface area (Å²) in [5.41, 5.74) is -0.421. The van der Waals surface area contributed by atoms with Gasteiger partial charge in [-0.1, -0.05) is 26.7 Å². The molecule has 0 aliphatic heterocycles. The van der Waals surface area contributed by atoms with Crippen molar-refractivity contribution in [3.05, 3.63) is 0 Å². The Morgan fingerprint density at radius 2 is 2.00 bits per heavy atom. The van der Waals surface area contributed by atoms with Crippen molar-refractivity contribution in [3.63, 3.8) is 0 Å². The van der Waals surface area contributed by atoms with Gasteiger partial charge >= 0.3 is 0 Å². The van der Waals surface area contributed by atoms with E-state index in [4.69, 9.17) is 5.11 Å². The molecule has 0 aliphatic carbocycles. The largest absolute Gasteiger partial charge is 0.382 e. The van der Waals surface area contributed by atoms with Gasteiger partial charge in [0.15, 0.2) is 0 Å². The Kier molecular flexibility index (Phi) is 5.30. The number of aliphatic hydroxyl groups is 1. The average molecular weight is 148 g/mol. The van der Waals surface area contributed by atoms with Crippen LogP contribution < -0.4 is 0 Å². The van der Waals surface area contributed by atoms with Crippen LogP contribution in [0.2, 0.25) is 0 Å². The molecule has 0 spiro atoms. The molecular formula is C7H16OS. The lowest BCUT2D eigenvalue weighted by Crippen LogP contribution is -2.12. The third kappa shape index (κ3) is 3.82. The molecule has 2 unspecified atom stereocenters. The van der Waals surface area contributed by atoms with E-state index in [1.165, 1.54) is 0 Å². The van der Waals surface area contributed by atoms with E-state index < -0.39 is 5.44 Å². The number of thiol groups is 1. The zero-order valence-electron chi connectivity index (χ0n) is 6.17. The second kappa shape index (κ2) is 5.12. The molecule has 2 heteroatoms. The fraction of sp³-hybridized carbons (Fsp3) is 1.00. The average Bonchev–Trinajstić information content (AvgIpc) is 1.82. The van der Waals surface area contributed by atoms with E-state index >= 15 is 0 Å². The zero-order chi connectivity index (χ0) is 7.28. The molecule has 56 valence electrons. The molecule has 2 atom stereocenters. The van der Waals surface area contributed by atoms with Gasteiger partial charge in [0, 0.05) is 0 Å². The van der Waals surface area contributed by atoms with Gasteiger partial charge in [-0.3, -0.25) is 0 Å². The van der Waals surface area contributed by atoms with Gasteiger partial charge in [0.1, 0.15) is 0 Å². The quantitative estimate of drug-likeness (QED) is 0.462. The minimum Gasteiger partial charge on any atom is -0.382 e. The molecular weight excluding hydrogens is 132 g/mol. The maximum atomic E-state index is 9.01. The van der Waals surface area contributed by atoms with Crippen molar-refractivity contribution in [1.82, 2.24) is 0 Å². The van der Waals surface area contributed by atoms with Crippen molar-refractivity contribution >= 4 is 12.6 Å². The summed E-state index contributed by atoms with van der Waals surface area (Å²) in [6, 6.07) is 0. The Labute approximate surface area is 62.9 Å². The van der Waals surface area contributed by atoms with Crippen LogP contribution in [0.3, 0.4) is 0 Å². The first-order valence-electron chi connectivity index (χ1n) is 3.58. The maximum absolute atomic E-state index is 9.01. The highest BCUT2D eigenvalue weighted by Gasteiger charge is 2.10. The van der Waals surface area contributed by atoms with Gasteiger partial charge in [0.25, 0.3) is 0 Å². The molecule has 0 bridgehead atoms. The summed E-state index contributed by atoms with van der Waals surface area (Å²) >= 11 is 3.96. The predicted molar refractivity (Wildman–Crippen MR) is 43.7 cm³/mol. The van der Waals surface area contributed by atoms with Crippen LogP contribution in [0.1, 0.15) is 33.1 Å². The first-order chi connectivity index (χ1) is 4.22. The minimum absolute atomic E-state index is 0.387. The topological polar surface area (TPSA) is 20.2 Å². The number of hydrogen-bond acceptors (Lipinski definition) is 2. The van der Waals surface area contributed by atoms with Crippen LogP contribution in [0.4, 0.5) is 0 Å². The summed E-state index contributed by atoms with van der Waals surface area (Å²) in [5.74, 6) is 0.387. The van der Waals surface area contributed by atoms with E-state index in [0.717, 1.165) is 19.3 Å². The van der Waals surface area contributed by atoms with Crippen molar-refractivity contribution < 1.29 is 5.11 Å². The van der Waals surface area contributed by atoms with E-state index in [2.05, 4.69) is 26.5 Å².